The lowest BCUT2D eigenvalue weighted by Crippen LogP contribution is -2.15. The van der Waals surface area contributed by atoms with E-state index in [9.17, 15) is 13.6 Å². The van der Waals surface area contributed by atoms with Gasteiger partial charge in [0, 0.05) is 5.02 Å². The number of fused-ring (bicyclic) bond motifs is 1. The first-order chi connectivity index (χ1) is 7.08. The fourth-order valence-corrected chi connectivity index (χ4v) is 1.39. The average molecular weight is 231 g/mol. The van der Waals surface area contributed by atoms with Gasteiger partial charge in [0.05, 0.1) is 11.0 Å². The van der Waals surface area contributed by atoms with Crippen molar-refractivity contribution >= 4 is 22.6 Å². The van der Waals surface area contributed by atoms with Crippen LogP contribution in [0.1, 0.15) is 12.1 Å². The minimum atomic E-state index is -2.88. The zero-order chi connectivity index (χ0) is 11.0. The van der Waals surface area contributed by atoms with E-state index < -0.39 is 17.7 Å². The van der Waals surface area contributed by atoms with E-state index in [4.69, 9.17) is 11.6 Å². The van der Waals surface area contributed by atoms with Crippen LogP contribution in [0.25, 0.3) is 11.0 Å². The first-order valence-electron chi connectivity index (χ1n) is 4.05. The Bertz CT molecular complexity index is 568. The molecule has 0 bridgehead atoms. The summed E-state index contributed by atoms with van der Waals surface area (Å²) in [7, 11) is 0. The summed E-state index contributed by atoms with van der Waals surface area (Å²) in [4.78, 5) is 17.0. The Balaban J connectivity index is 2.76. The Morgan fingerprint density at radius 3 is 2.80 bits per heavy atom. The lowest BCUT2D eigenvalue weighted by Gasteiger charge is -2.01. The largest absolute Gasteiger partial charge is 0.319 e. The summed E-state index contributed by atoms with van der Waals surface area (Å²) in [5, 5.41) is 0.407. The van der Waals surface area contributed by atoms with Gasteiger partial charge in [-0.2, -0.15) is 0 Å². The molecule has 0 atom stereocenters. The molecule has 1 N–H and O–H groups in total. The van der Waals surface area contributed by atoms with Crippen LogP contribution in [0.15, 0.2) is 23.0 Å². The van der Waals surface area contributed by atoms with Crippen molar-refractivity contribution in [1.29, 1.82) is 0 Å². The van der Waals surface area contributed by atoms with E-state index in [0.717, 1.165) is 0 Å². The molecule has 2 rings (SSSR count). The molecule has 0 radical (unpaired) electrons. The molecule has 15 heavy (non-hydrogen) atoms. The van der Waals surface area contributed by atoms with Gasteiger partial charge in [0.1, 0.15) is 0 Å². The molecule has 0 unspecified atom stereocenters. The van der Waals surface area contributed by atoms with E-state index in [1.165, 1.54) is 18.2 Å². The monoisotopic (exact) mass is 230 g/mol. The second-order valence-corrected chi connectivity index (χ2v) is 3.35. The maximum atomic E-state index is 12.3. The van der Waals surface area contributed by atoms with Crippen LogP contribution in [-0.4, -0.2) is 9.97 Å². The van der Waals surface area contributed by atoms with Crippen LogP contribution in [0, 0.1) is 0 Å². The lowest BCUT2D eigenvalue weighted by atomic mass is 10.3. The van der Waals surface area contributed by atoms with E-state index in [1.54, 1.807) is 0 Å². The molecule has 1 aromatic heterocycles. The Hall–Kier alpha value is -1.49. The van der Waals surface area contributed by atoms with Crippen molar-refractivity contribution in [3.05, 3.63) is 39.3 Å². The number of hydrogen-bond acceptors (Lipinski definition) is 2. The summed E-state index contributed by atoms with van der Waals surface area (Å²) in [5.41, 5.74) is -1.03. The number of benzene rings is 1. The molecule has 6 heteroatoms. The van der Waals surface area contributed by atoms with Gasteiger partial charge in [-0.25, -0.2) is 13.8 Å². The maximum Gasteiger partial charge on any atom is 0.285 e. The highest BCUT2D eigenvalue weighted by Gasteiger charge is 2.14. The third-order valence-electron chi connectivity index (χ3n) is 1.89. The van der Waals surface area contributed by atoms with E-state index in [-0.39, 0.29) is 5.52 Å². The highest BCUT2D eigenvalue weighted by atomic mass is 35.5. The molecule has 0 fully saturated rings. The molecule has 0 spiro atoms. The summed E-state index contributed by atoms with van der Waals surface area (Å²) < 4.78 is 24.7. The predicted octanol–water partition coefficient (Wildman–Crippen LogP) is 2.51. The van der Waals surface area contributed by atoms with E-state index >= 15 is 0 Å². The number of hydrogen-bond donors (Lipinski definition) is 1. The third-order valence-corrected chi connectivity index (χ3v) is 2.12. The van der Waals surface area contributed by atoms with Gasteiger partial charge < -0.3 is 4.98 Å². The number of nitrogens with one attached hydrogen (secondary N) is 1. The van der Waals surface area contributed by atoms with Gasteiger partial charge in [-0.1, -0.05) is 11.6 Å². The van der Waals surface area contributed by atoms with Crippen LogP contribution in [0.4, 0.5) is 8.78 Å². The fraction of sp³-hybridized carbons (Fsp3) is 0.111. The Kier molecular flexibility index (Phi) is 2.40. The molecular weight excluding hydrogens is 226 g/mol. The van der Waals surface area contributed by atoms with Crippen molar-refractivity contribution < 1.29 is 8.78 Å². The standard InChI is InChI=1S/C9H5ClF2N2O/c10-4-1-2-5-6(3-4)14-9(15)7(13-5)8(11)12/h1-3,8H,(H,14,15). The molecule has 0 amide bonds. The summed E-state index contributed by atoms with van der Waals surface area (Å²) in [6.07, 6.45) is -2.88. The topological polar surface area (TPSA) is 45.8 Å². The van der Waals surface area contributed by atoms with Gasteiger partial charge in [0.25, 0.3) is 12.0 Å². The van der Waals surface area contributed by atoms with Crippen molar-refractivity contribution in [3.8, 4) is 0 Å². The average Bonchev–Trinajstić information content (AvgIpc) is 2.15. The SMILES string of the molecule is O=c1[nH]c2cc(Cl)ccc2nc1C(F)F. The van der Waals surface area contributed by atoms with Gasteiger partial charge in [0.15, 0.2) is 5.69 Å². The van der Waals surface area contributed by atoms with Crippen LogP contribution in [0.3, 0.4) is 0 Å². The molecule has 0 aliphatic rings. The van der Waals surface area contributed by atoms with Crippen molar-refractivity contribution in [2.24, 2.45) is 0 Å². The van der Waals surface area contributed by atoms with Gasteiger partial charge >= 0.3 is 0 Å². The second kappa shape index (κ2) is 3.58. The van der Waals surface area contributed by atoms with Crippen LogP contribution < -0.4 is 5.56 Å². The number of rotatable bonds is 1. The number of H-pyrrole nitrogens is 1. The van der Waals surface area contributed by atoms with Crippen molar-refractivity contribution in [2.75, 3.05) is 0 Å². The Morgan fingerprint density at radius 2 is 2.13 bits per heavy atom. The predicted molar refractivity (Wildman–Crippen MR) is 52.3 cm³/mol. The highest BCUT2D eigenvalue weighted by Crippen LogP contribution is 2.18. The van der Waals surface area contributed by atoms with E-state index in [0.29, 0.717) is 10.5 Å². The molecule has 3 nitrogen and oxygen atoms in total. The van der Waals surface area contributed by atoms with Crippen molar-refractivity contribution in [1.82, 2.24) is 9.97 Å². The normalized spacial score (nSPS) is 11.2. The molecule has 2 aromatic rings. The zero-order valence-corrected chi connectivity index (χ0v) is 8.05. The van der Waals surface area contributed by atoms with Gasteiger partial charge in [-0.15, -0.1) is 0 Å². The fourth-order valence-electron chi connectivity index (χ4n) is 1.22. The smallest absolute Gasteiger partial charge is 0.285 e. The van der Waals surface area contributed by atoms with E-state index in [2.05, 4.69) is 9.97 Å². The van der Waals surface area contributed by atoms with Gasteiger partial charge in [-0.3, -0.25) is 4.79 Å². The molecule has 0 aliphatic heterocycles. The molecule has 0 saturated heterocycles. The highest BCUT2D eigenvalue weighted by molar-refractivity contribution is 6.31. The molecule has 0 saturated carbocycles. The number of aromatic amines is 1. The Morgan fingerprint density at radius 1 is 1.40 bits per heavy atom. The number of alkyl halides is 2. The first-order valence-corrected chi connectivity index (χ1v) is 4.43. The molecule has 78 valence electrons. The number of nitrogens with zero attached hydrogens (tertiary/aromatic N) is 1. The minimum Gasteiger partial charge on any atom is -0.319 e. The zero-order valence-electron chi connectivity index (χ0n) is 7.30. The first kappa shape index (κ1) is 10.0. The number of halogens is 3. The van der Waals surface area contributed by atoms with Crippen molar-refractivity contribution in [2.45, 2.75) is 6.43 Å². The summed E-state index contributed by atoms with van der Waals surface area (Å²) >= 11 is 5.68. The molecule has 0 aliphatic carbocycles. The van der Waals surface area contributed by atoms with Crippen LogP contribution in [0.5, 0.6) is 0 Å². The van der Waals surface area contributed by atoms with Crippen molar-refractivity contribution in [3.63, 3.8) is 0 Å². The van der Waals surface area contributed by atoms with Crippen LogP contribution >= 0.6 is 11.6 Å². The summed E-state index contributed by atoms with van der Waals surface area (Å²) in [5.74, 6) is 0. The second-order valence-electron chi connectivity index (χ2n) is 2.91. The molecule has 1 aromatic carbocycles. The molecule has 1 heterocycles. The molecular formula is C9H5ClF2N2O. The third kappa shape index (κ3) is 1.83. The quantitative estimate of drug-likeness (QED) is 0.818. The van der Waals surface area contributed by atoms with Crippen LogP contribution in [-0.2, 0) is 0 Å². The lowest BCUT2D eigenvalue weighted by molar-refractivity contribution is 0.144. The maximum absolute atomic E-state index is 12.3. The summed E-state index contributed by atoms with van der Waals surface area (Å²) in [6, 6.07) is 4.45. The number of aromatic nitrogens is 2. The van der Waals surface area contributed by atoms with E-state index in [1.807, 2.05) is 0 Å². The minimum absolute atomic E-state index is 0.286. The summed E-state index contributed by atoms with van der Waals surface area (Å²) in [6.45, 7) is 0. The van der Waals surface area contributed by atoms with Gasteiger partial charge in [0.2, 0.25) is 0 Å². The van der Waals surface area contributed by atoms with Crippen LogP contribution in [0.2, 0.25) is 5.02 Å². The Labute approximate surface area is 87.7 Å². The van der Waals surface area contributed by atoms with Gasteiger partial charge in [-0.05, 0) is 18.2 Å².